The Morgan fingerprint density at radius 2 is 2.05 bits per heavy atom. The molecule has 0 aliphatic carbocycles. The average molecular weight is 272 g/mol. The summed E-state index contributed by atoms with van der Waals surface area (Å²) in [5.41, 5.74) is 2.27. The summed E-state index contributed by atoms with van der Waals surface area (Å²) in [4.78, 5) is 21.5. The van der Waals surface area contributed by atoms with Gasteiger partial charge in [-0.05, 0) is 26.0 Å². The van der Waals surface area contributed by atoms with Gasteiger partial charge >= 0.3 is 0 Å². The van der Waals surface area contributed by atoms with E-state index in [1.54, 1.807) is 0 Å². The zero-order chi connectivity index (χ0) is 13.4. The molecule has 0 aliphatic rings. The van der Waals surface area contributed by atoms with Crippen LogP contribution in [0.3, 0.4) is 0 Å². The molecule has 0 aliphatic heterocycles. The minimum atomic E-state index is 0.00894. The van der Waals surface area contributed by atoms with Gasteiger partial charge in [0.15, 0.2) is 11.4 Å². The van der Waals surface area contributed by atoms with Gasteiger partial charge in [-0.15, -0.1) is 11.3 Å². The number of hydrogen-bond acceptors (Lipinski definition) is 5. The van der Waals surface area contributed by atoms with Crippen LogP contribution in [0.1, 0.15) is 26.3 Å². The van der Waals surface area contributed by atoms with Crippen LogP contribution in [0, 0.1) is 13.8 Å². The maximum atomic E-state index is 12.2. The van der Waals surface area contributed by atoms with Gasteiger partial charge in [-0.1, -0.05) is 12.1 Å². The minimum absolute atomic E-state index is 0.00894. The first-order valence-corrected chi connectivity index (χ1v) is 6.77. The standard InChI is InChI=1S/C14H12N2O2S/c1-8-14(19-9(2)15-8)11(17)7-13-16-10-5-3-4-6-12(10)18-13/h3-6H,7H2,1-2H3. The highest BCUT2D eigenvalue weighted by Gasteiger charge is 2.17. The van der Waals surface area contributed by atoms with Gasteiger partial charge in [-0.3, -0.25) is 4.79 Å². The Balaban J connectivity index is 1.88. The Hall–Kier alpha value is -2.01. The van der Waals surface area contributed by atoms with Crippen molar-refractivity contribution in [3.05, 3.63) is 45.7 Å². The molecule has 0 amide bonds. The van der Waals surface area contributed by atoms with Gasteiger partial charge in [0.05, 0.1) is 22.0 Å². The second kappa shape index (κ2) is 4.59. The molecule has 0 spiro atoms. The molecule has 0 N–H and O–H groups in total. The number of hydrogen-bond donors (Lipinski definition) is 0. The predicted molar refractivity (Wildman–Crippen MR) is 73.6 cm³/mol. The van der Waals surface area contributed by atoms with E-state index < -0.39 is 0 Å². The molecule has 0 bridgehead atoms. The number of carbonyl (C=O) groups excluding carboxylic acids is 1. The second-order valence-electron chi connectivity index (χ2n) is 4.32. The molecule has 3 rings (SSSR count). The smallest absolute Gasteiger partial charge is 0.203 e. The van der Waals surface area contributed by atoms with Crippen molar-refractivity contribution in [1.82, 2.24) is 9.97 Å². The third-order valence-electron chi connectivity index (χ3n) is 2.81. The summed E-state index contributed by atoms with van der Waals surface area (Å²) in [5.74, 6) is 0.464. The van der Waals surface area contributed by atoms with Crippen LogP contribution in [0.15, 0.2) is 28.7 Å². The molecule has 2 heterocycles. The van der Waals surface area contributed by atoms with E-state index in [0.29, 0.717) is 16.4 Å². The van der Waals surface area contributed by atoms with Crippen LogP contribution in [0.2, 0.25) is 0 Å². The number of thiazole rings is 1. The summed E-state index contributed by atoms with van der Waals surface area (Å²) in [6.45, 7) is 3.75. The summed E-state index contributed by atoms with van der Waals surface area (Å²) >= 11 is 1.42. The third kappa shape index (κ3) is 2.29. The van der Waals surface area contributed by atoms with Crippen LogP contribution in [-0.2, 0) is 6.42 Å². The Kier molecular flexibility index (Phi) is 2.91. The van der Waals surface area contributed by atoms with Crippen molar-refractivity contribution in [3.8, 4) is 0 Å². The summed E-state index contributed by atoms with van der Waals surface area (Å²) in [6.07, 6.45) is 0.178. The van der Waals surface area contributed by atoms with E-state index >= 15 is 0 Å². The van der Waals surface area contributed by atoms with Crippen LogP contribution >= 0.6 is 11.3 Å². The first kappa shape index (κ1) is 12.0. The molecular weight excluding hydrogens is 260 g/mol. The Morgan fingerprint density at radius 1 is 1.26 bits per heavy atom. The number of para-hydroxylation sites is 2. The van der Waals surface area contributed by atoms with Crippen molar-refractivity contribution in [2.24, 2.45) is 0 Å². The quantitative estimate of drug-likeness (QED) is 0.686. The van der Waals surface area contributed by atoms with Crippen molar-refractivity contribution in [3.63, 3.8) is 0 Å². The summed E-state index contributed by atoms with van der Waals surface area (Å²) in [7, 11) is 0. The third-order valence-corrected chi connectivity index (χ3v) is 3.92. The van der Waals surface area contributed by atoms with E-state index in [4.69, 9.17) is 4.42 Å². The van der Waals surface area contributed by atoms with Crippen LogP contribution in [0.25, 0.3) is 11.1 Å². The van der Waals surface area contributed by atoms with Gasteiger partial charge < -0.3 is 4.42 Å². The highest BCUT2D eigenvalue weighted by Crippen LogP contribution is 2.21. The fourth-order valence-corrected chi connectivity index (χ4v) is 2.86. The zero-order valence-corrected chi connectivity index (χ0v) is 11.5. The van der Waals surface area contributed by atoms with Crippen molar-refractivity contribution < 1.29 is 9.21 Å². The Morgan fingerprint density at radius 3 is 2.74 bits per heavy atom. The zero-order valence-electron chi connectivity index (χ0n) is 10.6. The highest BCUT2D eigenvalue weighted by atomic mass is 32.1. The highest BCUT2D eigenvalue weighted by molar-refractivity contribution is 7.13. The van der Waals surface area contributed by atoms with Gasteiger partial charge in [-0.25, -0.2) is 9.97 Å². The lowest BCUT2D eigenvalue weighted by atomic mass is 10.2. The molecule has 19 heavy (non-hydrogen) atoms. The summed E-state index contributed by atoms with van der Waals surface area (Å²) in [5, 5.41) is 0.901. The molecule has 0 atom stereocenters. The molecule has 5 heteroatoms. The summed E-state index contributed by atoms with van der Waals surface area (Å²) < 4.78 is 5.56. The molecular formula is C14H12N2O2S. The average Bonchev–Trinajstić information content (AvgIpc) is 2.91. The number of oxazole rings is 1. The Labute approximate surface area is 114 Å². The van der Waals surface area contributed by atoms with Crippen molar-refractivity contribution in [2.75, 3.05) is 0 Å². The molecule has 0 fully saturated rings. The number of rotatable bonds is 3. The van der Waals surface area contributed by atoms with Crippen LogP contribution in [0.5, 0.6) is 0 Å². The molecule has 2 aromatic heterocycles. The Bertz CT molecular complexity index is 725. The summed E-state index contributed by atoms with van der Waals surface area (Å²) in [6, 6.07) is 7.50. The lowest BCUT2D eigenvalue weighted by Crippen LogP contribution is -2.03. The van der Waals surface area contributed by atoms with Crippen molar-refractivity contribution in [1.29, 1.82) is 0 Å². The molecule has 0 saturated heterocycles. The number of aromatic nitrogens is 2. The van der Waals surface area contributed by atoms with Gasteiger partial charge in [0.25, 0.3) is 0 Å². The number of aryl methyl sites for hydroxylation is 2. The van der Waals surface area contributed by atoms with E-state index in [-0.39, 0.29) is 12.2 Å². The van der Waals surface area contributed by atoms with Crippen LogP contribution in [0.4, 0.5) is 0 Å². The molecule has 4 nitrogen and oxygen atoms in total. The van der Waals surface area contributed by atoms with Crippen LogP contribution < -0.4 is 0 Å². The first-order valence-electron chi connectivity index (χ1n) is 5.95. The van der Waals surface area contributed by atoms with Crippen LogP contribution in [-0.4, -0.2) is 15.8 Å². The monoisotopic (exact) mass is 272 g/mol. The number of Topliss-reactive ketones (excluding diaryl/α,β-unsaturated/α-hetero) is 1. The predicted octanol–water partition coefficient (Wildman–Crippen LogP) is 3.33. The molecule has 0 saturated carbocycles. The van der Waals surface area contributed by atoms with Gasteiger partial charge in [0, 0.05) is 0 Å². The van der Waals surface area contributed by atoms with Crippen molar-refractivity contribution >= 4 is 28.2 Å². The van der Waals surface area contributed by atoms with E-state index in [2.05, 4.69) is 9.97 Å². The largest absolute Gasteiger partial charge is 0.440 e. The SMILES string of the molecule is Cc1nc(C)c(C(=O)Cc2nc3ccccc3o2)s1. The number of carbonyl (C=O) groups is 1. The maximum Gasteiger partial charge on any atom is 0.203 e. The number of ketones is 1. The normalized spacial score (nSPS) is 11.1. The number of benzene rings is 1. The van der Waals surface area contributed by atoms with Crippen molar-refractivity contribution in [2.45, 2.75) is 20.3 Å². The first-order chi connectivity index (χ1) is 9.13. The van der Waals surface area contributed by atoms with E-state index in [0.717, 1.165) is 16.2 Å². The number of fused-ring (bicyclic) bond motifs is 1. The van der Waals surface area contributed by atoms with Gasteiger partial charge in [0.1, 0.15) is 5.52 Å². The fraction of sp³-hybridized carbons (Fsp3) is 0.214. The lowest BCUT2D eigenvalue weighted by molar-refractivity contribution is 0.0989. The minimum Gasteiger partial charge on any atom is -0.440 e. The molecule has 0 radical (unpaired) electrons. The molecule has 0 unspecified atom stereocenters. The maximum absolute atomic E-state index is 12.2. The van der Waals surface area contributed by atoms with E-state index in [1.807, 2.05) is 38.1 Å². The van der Waals surface area contributed by atoms with E-state index in [9.17, 15) is 4.79 Å². The molecule has 96 valence electrons. The lowest BCUT2D eigenvalue weighted by Gasteiger charge is -1.94. The fourth-order valence-electron chi connectivity index (χ4n) is 2.00. The van der Waals surface area contributed by atoms with Gasteiger partial charge in [0.2, 0.25) is 5.89 Å². The second-order valence-corrected chi connectivity index (χ2v) is 5.53. The van der Waals surface area contributed by atoms with E-state index in [1.165, 1.54) is 11.3 Å². The number of nitrogens with zero attached hydrogens (tertiary/aromatic N) is 2. The molecule has 3 aromatic rings. The molecule has 1 aromatic carbocycles. The van der Waals surface area contributed by atoms with Gasteiger partial charge in [-0.2, -0.15) is 0 Å². The topological polar surface area (TPSA) is 56.0 Å².